The van der Waals surface area contributed by atoms with Gasteiger partial charge in [0.25, 0.3) is 0 Å². The van der Waals surface area contributed by atoms with E-state index in [1.165, 1.54) is 11.1 Å². The SMILES string of the molecule is COc1cccc(CNCC[C@H](N)Cc2ccccc2)c1. The molecule has 3 N–H and O–H groups in total. The molecule has 0 aromatic heterocycles. The summed E-state index contributed by atoms with van der Waals surface area (Å²) in [5.41, 5.74) is 8.70. The maximum absolute atomic E-state index is 6.17. The lowest BCUT2D eigenvalue weighted by molar-refractivity contribution is 0.414. The number of nitrogens with two attached hydrogens (primary N) is 1. The molecule has 0 aliphatic carbocycles. The van der Waals surface area contributed by atoms with Crippen molar-refractivity contribution < 1.29 is 4.74 Å². The van der Waals surface area contributed by atoms with E-state index in [-0.39, 0.29) is 6.04 Å². The van der Waals surface area contributed by atoms with Crippen LogP contribution in [0.4, 0.5) is 0 Å². The number of benzene rings is 2. The van der Waals surface area contributed by atoms with E-state index in [1.54, 1.807) is 7.11 Å². The van der Waals surface area contributed by atoms with Crippen molar-refractivity contribution in [3.63, 3.8) is 0 Å². The lowest BCUT2D eigenvalue weighted by Crippen LogP contribution is -2.28. The van der Waals surface area contributed by atoms with Crippen molar-refractivity contribution in [1.29, 1.82) is 0 Å². The highest BCUT2D eigenvalue weighted by atomic mass is 16.5. The van der Waals surface area contributed by atoms with Crippen molar-refractivity contribution in [3.05, 3.63) is 65.7 Å². The highest BCUT2D eigenvalue weighted by Gasteiger charge is 2.03. The van der Waals surface area contributed by atoms with E-state index in [9.17, 15) is 0 Å². The van der Waals surface area contributed by atoms with Crippen LogP contribution in [-0.4, -0.2) is 19.7 Å². The van der Waals surface area contributed by atoms with E-state index in [4.69, 9.17) is 10.5 Å². The highest BCUT2D eigenvalue weighted by molar-refractivity contribution is 5.28. The lowest BCUT2D eigenvalue weighted by atomic mass is 10.0. The first-order valence-electron chi connectivity index (χ1n) is 7.41. The van der Waals surface area contributed by atoms with Gasteiger partial charge in [0.1, 0.15) is 5.75 Å². The third kappa shape index (κ3) is 5.58. The molecule has 2 aromatic carbocycles. The molecule has 0 spiro atoms. The number of rotatable bonds is 8. The maximum atomic E-state index is 6.17. The quantitative estimate of drug-likeness (QED) is 0.733. The van der Waals surface area contributed by atoms with E-state index >= 15 is 0 Å². The van der Waals surface area contributed by atoms with Gasteiger partial charge < -0.3 is 15.8 Å². The molecule has 0 amide bonds. The fraction of sp³-hybridized carbons (Fsp3) is 0.333. The molecule has 0 saturated heterocycles. The van der Waals surface area contributed by atoms with Gasteiger partial charge in [-0.05, 0) is 42.6 Å². The van der Waals surface area contributed by atoms with Crippen LogP contribution in [0, 0.1) is 0 Å². The van der Waals surface area contributed by atoms with Gasteiger partial charge >= 0.3 is 0 Å². The van der Waals surface area contributed by atoms with Crippen LogP contribution >= 0.6 is 0 Å². The summed E-state index contributed by atoms with van der Waals surface area (Å²) in [5.74, 6) is 0.898. The second-order valence-electron chi connectivity index (χ2n) is 5.27. The van der Waals surface area contributed by atoms with Gasteiger partial charge in [0, 0.05) is 12.6 Å². The minimum Gasteiger partial charge on any atom is -0.497 e. The Balaban J connectivity index is 1.67. The van der Waals surface area contributed by atoms with E-state index in [1.807, 2.05) is 18.2 Å². The summed E-state index contributed by atoms with van der Waals surface area (Å²) in [6, 6.07) is 18.7. The Morgan fingerprint density at radius 3 is 2.57 bits per heavy atom. The summed E-state index contributed by atoms with van der Waals surface area (Å²) in [5, 5.41) is 3.43. The summed E-state index contributed by atoms with van der Waals surface area (Å²) in [4.78, 5) is 0. The van der Waals surface area contributed by atoms with Crippen LogP contribution < -0.4 is 15.8 Å². The molecule has 2 rings (SSSR count). The van der Waals surface area contributed by atoms with Crippen molar-refractivity contribution in [2.45, 2.75) is 25.4 Å². The van der Waals surface area contributed by atoms with Gasteiger partial charge in [0.05, 0.1) is 7.11 Å². The van der Waals surface area contributed by atoms with Crippen LogP contribution in [0.25, 0.3) is 0 Å². The van der Waals surface area contributed by atoms with E-state index in [0.717, 1.165) is 31.7 Å². The van der Waals surface area contributed by atoms with Gasteiger partial charge in [-0.2, -0.15) is 0 Å². The number of hydrogen-bond donors (Lipinski definition) is 2. The highest BCUT2D eigenvalue weighted by Crippen LogP contribution is 2.12. The zero-order valence-electron chi connectivity index (χ0n) is 12.6. The molecule has 3 nitrogen and oxygen atoms in total. The molecule has 0 fully saturated rings. The number of methoxy groups -OCH3 is 1. The van der Waals surface area contributed by atoms with Crippen LogP contribution in [0.15, 0.2) is 54.6 Å². The Labute approximate surface area is 127 Å². The van der Waals surface area contributed by atoms with Crippen LogP contribution in [0.2, 0.25) is 0 Å². The Morgan fingerprint density at radius 2 is 1.81 bits per heavy atom. The molecule has 21 heavy (non-hydrogen) atoms. The fourth-order valence-corrected chi connectivity index (χ4v) is 2.32. The predicted octanol–water partition coefficient (Wildman–Crippen LogP) is 2.74. The summed E-state index contributed by atoms with van der Waals surface area (Å²) in [7, 11) is 1.69. The molecule has 0 aliphatic rings. The van der Waals surface area contributed by atoms with Gasteiger partial charge in [0.2, 0.25) is 0 Å². The van der Waals surface area contributed by atoms with Crippen molar-refractivity contribution in [2.24, 2.45) is 5.73 Å². The summed E-state index contributed by atoms with van der Waals surface area (Å²) >= 11 is 0. The normalized spacial score (nSPS) is 12.1. The average Bonchev–Trinajstić information content (AvgIpc) is 2.53. The monoisotopic (exact) mass is 284 g/mol. The third-order valence-corrected chi connectivity index (χ3v) is 3.50. The van der Waals surface area contributed by atoms with Gasteiger partial charge in [-0.3, -0.25) is 0 Å². The van der Waals surface area contributed by atoms with Crippen LogP contribution in [0.5, 0.6) is 5.75 Å². The Bertz CT molecular complexity index is 528. The van der Waals surface area contributed by atoms with Crippen LogP contribution in [-0.2, 0) is 13.0 Å². The lowest BCUT2D eigenvalue weighted by Gasteiger charge is -2.12. The maximum Gasteiger partial charge on any atom is 0.119 e. The zero-order chi connectivity index (χ0) is 14.9. The number of hydrogen-bond acceptors (Lipinski definition) is 3. The summed E-state index contributed by atoms with van der Waals surface area (Å²) < 4.78 is 5.22. The molecule has 0 radical (unpaired) electrons. The summed E-state index contributed by atoms with van der Waals surface area (Å²) in [6.45, 7) is 1.76. The number of nitrogens with one attached hydrogen (secondary N) is 1. The van der Waals surface area contributed by atoms with Gasteiger partial charge in [-0.15, -0.1) is 0 Å². The molecule has 0 aliphatic heterocycles. The first kappa shape index (κ1) is 15.5. The largest absolute Gasteiger partial charge is 0.497 e. The molecule has 3 heteroatoms. The van der Waals surface area contributed by atoms with E-state index in [0.29, 0.717) is 0 Å². The Kier molecular flexibility index (Phi) is 6.25. The second-order valence-corrected chi connectivity index (χ2v) is 5.27. The van der Waals surface area contributed by atoms with E-state index < -0.39 is 0 Å². The standard InChI is InChI=1S/C18H24N2O/c1-21-18-9-5-8-16(13-18)14-20-11-10-17(19)12-15-6-3-2-4-7-15/h2-9,13,17,20H,10-12,14,19H2,1H3/t17-/m0/s1. The van der Waals surface area contributed by atoms with E-state index in [2.05, 4.69) is 41.7 Å². The molecule has 112 valence electrons. The first-order chi connectivity index (χ1) is 10.3. The van der Waals surface area contributed by atoms with Gasteiger partial charge in [0.15, 0.2) is 0 Å². The molecule has 0 unspecified atom stereocenters. The minimum absolute atomic E-state index is 0.199. The van der Waals surface area contributed by atoms with Crippen molar-refractivity contribution in [2.75, 3.05) is 13.7 Å². The first-order valence-corrected chi connectivity index (χ1v) is 7.41. The average molecular weight is 284 g/mol. The van der Waals surface area contributed by atoms with Crippen molar-refractivity contribution in [3.8, 4) is 5.75 Å². The van der Waals surface area contributed by atoms with Crippen molar-refractivity contribution >= 4 is 0 Å². The number of ether oxygens (including phenoxy) is 1. The molecular formula is C18H24N2O. The van der Waals surface area contributed by atoms with Crippen molar-refractivity contribution in [1.82, 2.24) is 5.32 Å². The molecular weight excluding hydrogens is 260 g/mol. The minimum atomic E-state index is 0.199. The Morgan fingerprint density at radius 1 is 1.05 bits per heavy atom. The predicted molar refractivity (Wildman–Crippen MR) is 87.4 cm³/mol. The fourth-order valence-electron chi connectivity index (χ4n) is 2.32. The van der Waals surface area contributed by atoms with Gasteiger partial charge in [-0.1, -0.05) is 42.5 Å². The summed E-state index contributed by atoms with van der Waals surface area (Å²) in [6.07, 6.45) is 1.90. The van der Waals surface area contributed by atoms with Crippen LogP contribution in [0.1, 0.15) is 17.5 Å². The third-order valence-electron chi connectivity index (χ3n) is 3.50. The van der Waals surface area contributed by atoms with Crippen LogP contribution in [0.3, 0.4) is 0 Å². The molecule has 0 bridgehead atoms. The zero-order valence-corrected chi connectivity index (χ0v) is 12.6. The Hall–Kier alpha value is -1.84. The second kappa shape index (κ2) is 8.45. The smallest absolute Gasteiger partial charge is 0.119 e. The molecule has 0 heterocycles. The topological polar surface area (TPSA) is 47.3 Å². The van der Waals surface area contributed by atoms with Gasteiger partial charge in [-0.25, -0.2) is 0 Å². The molecule has 1 atom stereocenters. The molecule has 2 aromatic rings. The molecule has 0 saturated carbocycles.